The molecule has 0 aromatic rings. The predicted octanol–water partition coefficient (Wildman–Crippen LogP) is 6.68. The van der Waals surface area contributed by atoms with E-state index in [-0.39, 0.29) is 55.3 Å². The average molecular weight is 613 g/mol. The summed E-state index contributed by atoms with van der Waals surface area (Å²) in [5, 5.41) is 11.8. The van der Waals surface area contributed by atoms with Gasteiger partial charge in [0.1, 0.15) is 0 Å². The molecule has 0 radical (unpaired) electrons. The van der Waals surface area contributed by atoms with Gasteiger partial charge in [-0.15, -0.1) is 0 Å². The second-order valence-corrected chi connectivity index (χ2v) is 14.9. The number of aliphatic hydroxyl groups excluding tert-OH is 1. The minimum Gasteiger partial charge on any atom is -0.457 e. The Morgan fingerprint density at radius 3 is 2.57 bits per heavy atom. The van der Waals surface area contributed by atoms with Crippen LogP contribution in [0.15, 0.2) is 23.8 Å². The Morgan fingerprint density at radius 1 is 1.09 bits per heavy atom. The van der Waals surface area contributed by atoms with Gasteiger partial charge in [-0.05, 0) is 80.8 Å². The van der Waals surface area contributed by atoms with Crippen LogP contribution in [0.4, 0.5) is 4.79 Å². The van der Waals surface area contributed by atoms with E-state index in [9.17, 15) is 24.3 Å². The largest absolute Gasteiger partial charge is 0.509 e. The number of carbonyl (C=O) groups is 4. The van der Waals surface area contributed by atoms with Gasteiger partial charge in [-0.25, -0.2) is 4.79 Å². The zero-order valence-corrected chi connectivity index (χ0v) is 27.1. The standard InChI is InChI=1S/C36H52O8/c1-5-8-23(2)21-43-33(41)44-36(30(39)22-42-31(40)14-11-24-9-6-7-10-24)18-16-28-27-13-12-25-19-26(37)15-17-34(25,3)32(27)29(38)20-35(28,36)4/h15,17,19,23-24,27-29,32,38H,5-14,16,18,20-22H2,1-4H3/t23?,27-,28-,29?,32+,34-,35-,36-/m0/s1. The summed E-state index contributed by atoms with van der Waals surface area (Å²) in [4.78, 5) is 52.3. The maximum absolute atomic E-state index is 14.2. The van der Waals surface area contributed by atoms with Crippen molar-refractivity contribution in [2.24, 2.45) is 40.4 Å². The predicted molar refractivity (Wildman–Crippen MR) is 164 cm³/mol. The van der Waals surface area contributed by atoms with E-state index in [2.05, 4.69) is 13.8 Å². The van der Waals surface area contributed by atoms with Crippen LogP contribution in [0, 0.1) is 40.4 Å². The highest BCUT2D eigenvalue weighted by molar-refractivity contribution is 6.01. The average Bonchev–Trinajstić information content (AvgIpc) is 3.60. The molecular formula is C36H52O8. The third kappa shape index (κ3) is 6.04. The molecule has 0 saturated heterocycles. The number of esters is 1. The van der Waals surface area contributed by atoms with Gasteiger partial charge in [0.05, 0.1) is 12.7 Å². The summed E-state index contributed by atoms with van der Waals surface area (Å²) >= 11 is 0. The summed E-state index contributed by atoms with van der Waals surface area (Å²) < 4.78 is 17.2. The van der Waals surface area contributed by atoms with Crippen molar-refractivity contribution in [1.82, 2.24) is 0 Å². The van der Waals surface area contributed by atoms with Crippen LogP contribution in [0.5, 0.6) is 0 Å². The van der Waals surface area contributed by atoms with E-state index >= 15 is 0 Å². The second kappa shape index (κ2) is 13.1. The Labute approximate surface area is 262 Å². The fourth-order valence-electron chi connectivity index (χ4n) is 9.91. The van der Waals surface area contributed by atoms with E-state index in [4.69, 9.17) is 14.2 Å². The normalized spacial score (nSPS) is 36.9. The van der Waals surface area contributed by atoms with Gasteiger partial charge in [-0.3, -0.25) is 14.4 Å². The van der Waals surface area contributed by atoms with Crippen molar-refractivity contribution < 1.29 is 38.5 Å². The lowest BCUT2D eigenvalue weighted by Gasteiger charge is -2.59. The highest BCUT2D eigenvalue weighted by Gasteiger charge is 2.70. The first-order valence-corrected chi connectivity index (χ1v) is 17.1. The van der Waals surface area contributed by atoms with Gasteiger partial charge in [0.15, 0.2) is 18.0 Å². The molecule has 0 spiro atoms. The first-order chi connectivity index (χ1) is 20.9. The van der Waals surface area contributed by atoms with E-state index in [1.165, 1.54) is 12.8 Å². The van der Waals surface area contributed by atoms with Crippen molar-refractivity contribution in [3.05, 3.63) is 23.8 Å². The lowest BCUT2D eigenvalue weighted by Crippen LogP contribution is -2.63. The van der Waals surface area contributed by atoms with Gasteiger partial charge >= 0.3 is 12.1 Å². The van der Waals surface area contributed by atoms with Crippen LogP contribution in [-0.4, -0.2) is 53.7 Å². The number of hydrogen-bond donors (Lipinski definition) is 1. The summed E-state index contributed by atoms with van der Waals surface area (Å²) in [6.45, 7) is 7.88. The van der Waals surface area contributed by atoms with Crippen molar-refractivity contribution >= 4 is 23.7 Å². The minimum absolute atomic E-state index is 0.00543. The molecule has 244 valence electrons. The monoisotopic (exact) mass is 612 g/mol. The molecule has 8 nitrogen and oxygen atoms in total. The molecule has 5 rings (SSSR count). The number of aliphatic hydroxyl groups is 1. The molecule has 1 N–H and O–H groups in total. The lowest BCUT2D eigenvalue weighted by molar-refractivity contribution is -0.186. The molecule has 0 bridgehead atoms. The molecule has 2 unspecified atom stereocenters. The number of Topliss-reactive ketones (excluding diaryl/α,β-unsaturated/α-hetero) is 1. The second-order valence-electron chi connectivity index (χ2n) is 14.9. The van der Waals surface area contributed by atoms with Gasteiger partial charge in [-0.2, -0.15) is 0 Å². The molecule has 4 fully saturated rings. The van der Waals surface area contributed by atoms with E-state index in [0.29, 0.717) is 12.3 Å². The van der Waals surface area contributed by atoms with Crippen LogP contribution in [-0.2, 0) is 28.6 Å². The molecule has 44 heavy (non-hydrogen) atoms. The third-order valence-electron chi connectivity index (χ3n) is 12.2. The number of rotatable bonds is 11. The molecule has 5 aliphatic carbocycles. The Morgan fingerprint density at radius 2 is 1.84 bits per heavy atom. The van der Waals surface area contributed by atoms with Crippen LogP contribution in [0.25, 0.3) is 0 Å². The van der Waals surface area contributed by atoms with Gasteiger partial charge < -0.3 is 19.3 Å². The molecule has 8 heteroatoms. The first kappa shape index (κ1) is 32.9. The fourth-order valence-corrected chi connectivity index (χ4v) is 9.91. The SMILES string of the molecule is CCCC(C)COC(=O)O[C@]1(C(=O)COC(=O)CCC2CCCC2)CC[C@H]2[C@@H]3CCC4=CC(=O)C=C[C@]4(C)[C@H]3C(O)C[C@@]21C. The van der Waals surface area contributed by atoms with Crippen molar-refractivity contribution in [3.8, 4) is 0 Å². The molecule has 0 aliphatic heterocycles. The molecule has 0 heterocycles. The van der Waals surface area contributed by atoms with Crippen LogP contribution >= 0.6 is 0 Å². The quantitative estimate of drug-likeness (QED) is 0.257. The fraction of sp³-hybridized carbons (Fsp3) is 0.778. The van der Waals surface area contributed by atoms with Gasteiger partial charge in [0.2, 0.25) is 5.78 Å². The molecule has 0 aromatic carbocycles. The third-order valence-corrected chi connectivity index (χ3v) is 12.2. The Kier molecular flexibility index (Phi) is 9.79. The highest BCUT2D eigenvalue weighted by atomic mass is 16.7. The topological polar surface area (TPSA) is 116 Å². The molecular weight excluding hydrogens is 560 g/mol. The number of carbonyl (C=O) groups excluding carboxylic acids is 4. The van der Waals surface area contributed by atoms with Crippen molar-refractivity contribution in [2.45, 2.75) is 123 Å². The minimum atomic E-state index is -1.57. The lowest BCUT2D eigenvalue weighted by atomic mass is 9.46. The van der Waals surface area contributed by atoms with E-state index in [1.54, 1.807) is 12.2 Å². The smallest absolute Gasteiger partial charge is 0.457 e. The van der Waals surface area contributed by atoms with Crippen molar-refractivity contribution in [1.29, 1.82) is 0 Å². The van der Waals surface area contributed by atoms with Gasteiger partial charge in [-0.1, -0.05) is 71.4 Å². The molecule has 0 amide bonds. The van der Waals surface area contributed by atoms with Gasteiger partial charge in [0, 0.05) is 23.2 Å². The van der Waals surface area contributed by atoms with Crippen LogP contribution in [0.1, 0.15) is 111 Å². The number of allylic oxidation sites excluding steroid dienone is 4. The van der Waals surface area contributed by atoms with Crippen molar-refractivity contribution in [3.63, 3.8) is 0 Å². The highest BCUT2D eigenvalue weighted by Crippen LogP contribution is 2.68. The van der Waals surface area contributed by atoms with Crippen LogP contribution in [0.2, 0.25) is 0 Å². The number of ether oxygens (including phenoxy) is 3. The Balaban J connectivity index is 1.37. The Hall–Kier alpha value is -2.48. The maximum Gasteiger partial charge on any atom is 0.509 e. The molecule has 0 aromatic heterocycles. The van der Waals surface area contributed by atoms with Crippen LogP contribution in [0.3, 0.4) is 0 Å². The maximum atomic E-state index is 14.2. The summed E-state index contributed by atoms with van der Waals surface area (Å²) in [5.41, 5.74) is -1.84. The summed E-state index contributed by atoms with van der Waals surface area (Å²) in [5.74, 6) is -0.227. The van der Waals surface area contributed by atoms with E-state index in [0.717, 1.165) is 50.5 Å². The van der Waals surface area contributed by atoms with Crippen molar-refractivity contribution in [2.75, 3.05) is 13.2 Å². The molecule has 4 saturated carbocycles. The van der Waals surface area contributed by atoms with E-state index < -0.39 is 47.0 Å². The number of hydrogen-bond acceptors (Lipinski definition) is 8. The molecule has 5 aliphatic rings. The van der Waals surface area contributed by atoms with Crippen LogP contribution < -0.4 is 0 Å². The zero-order chi connectivity index (χ0) is 31.7. The summed E-state index contributed by atoms with van der Waals surface area (Å²) in [6, 6.07) is 0. The summed E-state index contributed by atoms with van der Waals surface area (Å²) in [7, 11) is 0. The summed E-state index contributed by atoms with van der Waals surface area (Å²) in [6.07, 6.45) is 13.9. The Bertz CT molecular complexity index is 1180. The zero-order valence-electron chi connectivity index (χ0n) is 27.1. The molecule has 8 atom stereocenters. The first-order valence-electron chi connectivity index (χ1n) is 17.1. The van der Waals surface area contributed by atoms with E-state index in [1.807, 2.05) is 19.9 Å². The number of fused-ring (bicyclic) bond motifs is 5. The number of ketones is 2. The van der Waals surface area contributed by atoms with Gasteiger partial charge in [0.25, 0.3) is 0 Å².